The average Bonchev–Trinajstić information content (AvgIpc) is 3.20. The summed E-state index contributed by atoms with van der Waals surface area (Å²) in [5.74, 6) is -0.0765. The van der Waals surface area contributed by atoms with E-state index in [1.165, 1.54) is 6.07 Å². The van der Waals surface area contributed by atoms with Gasteiger partial charge in [0.05, 0.1) is 30.9 Å². The fourth-order valence-corrected chi connectivity index (χ4v) is 6.02. The lowest BCUT2D eigenvalue weighted by molar-refractivity contribution is -0.142. The fourth-order valence-electron chi connectivity index (χ4n) is 6.02. The van der Waals surface area contributed by atoms with Gasteiger partial charge in [0.2, 0.25) is 0 Å². The quantitative estimate of drug-likeness (QED) is 0.531. The zero-order valence-corrected chi connectivity index (χ0v) is 19.8. The van der Waals surface area contributed by atoms with Gasteiger partial charge in [0.15, 0.2) is 0 Å². The highest BCUT2D eigenvalue weighted by molar-refractivity contribution is 5.79. The van der Waals surface area contributed by atoms with E-state index >= 15 is 0 Å². The third-order valence-corrected chi connectivity index (χ3v) is 7.69. The Morgan fingerprint density at radius 3 is 2.14 bits per heavy atom. The lowest BCUT2D eigenvalue weighted by atomic mass is 9.77. The number of fused-ring (bicyclic) bond motifs is 5. The number of amides is 1. The second kappa shape index (κ2) is 8.85. The number of halogens is 3. The van der Waals surface area contributed by atoms with Gasteiger partial charge in [-0.05, 0) is 28.3 Å². The topological polar surface area (TPSA) is 71.9 Å². The van der Waals surface area contributed by atoms with Crippen LogP contribution in [0.2, 0.25) is 0 Å². The third-order valence-electron chi connectivity index (χ3n) is 7.69. The number of pyridine rings is 1. The Balaban J connectivity index is 1.18. The van der Waals surface area contributed by atoms with E-state index in [9.17, 15) is 23.1 Å². The molecule has 1 aromatic heterocycles. The van der Waals surface area contributed by atoms with Gasteiger partial charge in [0.1, 0.15) is 12.3 Å². The van der Waals surface area contributed by atoms with E-state index in [4.69, 9.17) is 9.47 Å². The van der Waals surface area contributed by atoms with E-state index in [0.29, 0.717) is 5.56 Å². The molecule has 9 heteroatoms. The van der Waals surface area contributed by atoms with Crippen molar-refractivity contribution in [2.24, 2.45) is 0 Å². The molecule has 0 spiro atoms. The number of aliphatic hydroxyl groups is 1. The van der Waals surface area contributed by atoms with E-state index in [1.54, 1.807) is 4.90 Å². The van der Waals surface area contributed by atoms with Crippen LogP contribution in [0, 0.1) is 0 Å². The molecule has 192 valence electrons. The number of rotatable bonds is 3. The monoisotopic (exact) mass is 510 g/mol. The first-order valence-electron chi connectivity index (χ1n) is 12.2. The second-order valence-corrected chi connectivity index (χ2v) is 9.93. The number of aromatic nitrogens is 1. The number of carbonyl (C=O) groups is 1. The second-order valence-electron chi connectivity index (χ2n) is 9.93. The van der Waals surface area contributed by atoms with Crippen LogP contribution in [0.25, 0.3) is 11.1 Å². The van der Waals surface area contributed by atoms with Crippen molar-refractivity contribution in [3.8, 4) is 11.1 Å². The molecule has 2 aromatic carbocycles. The van der Waals surface area contributed by atoms with Gasteiger partial charge in [-0.15, -0.1) is 0 Å². The van der Waals surface area contributed by atoms with E-state index < -0.39 is 35.6 Å². The van der Waals surface area contributed by atoms with E-state index in [0.717, 1.165) is 34.5 Å². The molecule has 3 aromatic rings. The largest absolute Gasteiger partial charge is 0.448 e. The van der Waals surface area contributed by atoms with Crippen LogP contribution in [0.1, 0.15) is 41.1 Å². The number of hydrogen-bond donors (Lipinski definition) is 1. The van der Waals surface area contributed by atoms with Crippen LogP contribution >= 0.6 is 0 Å². The molecule has 1 amide bonds. The van der Waals surface area contributed by atoms with Crippen LogP contribution in [0.15, 0.2) is 66.9 Å². The van der Waals surface area contributed by atoms with E-state index in [2.05, 4.69) is 29.2 Å². The highest BCUT2D eigenvalue weighted by Gasteiger charge is 2.50. The Hall–Kier alpha value is -3.43. The summed E-state index contributed by atoms with van der Waals surface area (Å²) in [6, 6.07) is 17.4. The molecular formula is C28H25F3N2O4. The molecule has 2 saturated heterocycles. The van der Waals surface area contributed by atoms with Crippen LogP contribution in [-0.4, -0.2) is 53.0 Å². The molecule has 6 rings (SSSR count). The smallest absolute Gasteiger partial charge is 0.433 e. The standard InChI is InChI=1S/C28H25F3N2O4/c29-28(30,31)25-10-9-17(13-32-25)27(35)11-18-14-36-15-19(12-27)33(18)26(34)37-16-24-22-7-3-1-5-20(22)21-6-2-4-8-23(21)24/h1-10,13,18-19,24,35H,11-12,14-16H2. The highest BCUT2D eigenvalue weighted by atomic mass is 19.4. The summed E-state index contributed by atoms with van der Waals surface area (Å²) in [6.07, 6.45) is -3.74. The molecule has 2 bridgehead atoms. The number of hydrogen-bond acceptors (Lipinski definition) is 5. The molecule has 6 nitrogen and oxygen atoms in total. The molecule has 1 N–H and O–H groups in total. The molecule has 3 aliphatic rings. The summed E-state index contributed by atoms with van der Waals surface area (Å²) in [5, 5.41) is 11.4. The van der Waals surface area contributed by atoms with Crippen molar-refractivity contribution in [1.29, 1.82) is 0 Å². The van der Waals surface area contributed by atoms with Crippen molar-refractivity contribution in [2.45, 2.75) is 42.6 Å². The van der Waals surface area contributed by atoms with Crippen molar-refractivity contribution in [3.63, 3.8) is 0 Å². The van der Waals surface area contributed by atoms with Crippen LogP contribution in [-0.2, 0) is 21.3 Å². The minimum Gasteiger partial charge on any atom is -0.448 e. The zero-order valence-electron chi connectivity index (χ0n) is 19.8. The normalized spacial score (nSPS) is 24.9. The summed E-state index contributed by atoms with van der Waals surface area (Å²) in [4.78, 5) is 18.5. The predicted octanol–water partition coefficient (Wildman–Crippen LogP) is 5.10. The molecule has 37 heavy (non-hydrogen) atoms. The Labute approximate surface area is 211 Å². The maximum absolute atomic E-state index is 13.3. The van der Waals surface area contributed by atoms with Gasteiger partial charge in [0, 0.05) is 30.5 Å². The number of carbonyl (C=O) groups excluding carboxylic acids is 1. The molecule has 0 saturated carbocycles. The number of piperidine rings is 1. The van der Waals surface area contributed by atoms with Crippen molar-refractivity contribution in [1.82, 2.24) is 9.88 Å². The molecule has 3 heterocycles. The van der Waals surface area contributed by atoms with Crippen molar-refractivity contribution < 1.29 is 32.5 Å². The minimum absolute atomic E-state index is 0.0765. The van der Waals surface area contributed by atoms with E-state index in [1.807, 2.05) is 24.3 Å². The maximum atomic E-state index is 13.3. The molecule has 2 aliphatic heterocycles. The summed E-state index contributed by atoms with van der Waals surface area (Å²) >= 11 is 0. The van der Waals surface area contributed by atoms with Crippen molar-refractivity contribution in [2.75, 3.05) is 19.8 Å². The number of morpholine rings is 1. The van der Waals surface area contributed by atoms with Gasteiger partial charge < -0.3 is 14.6 Å². The van der Waals surface area contributed by atoms with Crippen molar-refractivity contribution >= 4 is 6.09 Å². The number of benzene rings is 2. The lowest BCUT2D eigenvalue weighted by Gasteiger charge is -2.50. The lowest BCUT2D eigenvalue weighted by Crippen LogP contribution is -2.62. The summed E-state index contributed by atoms with van der Waals surface area (Å²) in [7, 11) is 0. The number of ether oxygens (including phenoxy) is 2. The molecule has 1 aliphatic carbocycles. The summed E-state index contributed by atoms with van der Waals surface area (Å²) in [5.41, 5.74) is 2.36. The average molecular weight is 511 g/mol. The highest BCUT2D eigenvalue weighted by Crippen LogP contribution is 2.45. The molecule has 0 radical (unpaired) electrons. The molecule has 2 fully saturated rings. The number of alkyl halides is 3. The Kier molecular flexibility index (Phi) is 5.72. The van der Waals surface area contributed by atoms with Gasteiger partial charge in [0.25, 0.3) is 0 Å². The first kappa shape index (κ1) is 23.9. The minimum atomic E-state index is -4.56. The van der Waals surface area contributed by atoms with Crippen LogP contribution in [0.3, 0.4) is 0 Å². The Morgan fingerprint density at radius 2 is 1.59 bits per heavy atom. The maximum Gasteiger partial charge on any atom is 0.433 e. The van der Waals surface area contributed by atoms with E-state index in [-0.39, 0.29) is 38.6 Å². The first-order chi connectivity index (χ1) is 17.7. The molecular weight excluding hydrogens is 485 g/mol. The van der Waals surface area contributed by atoms with Crippen LogP contribution < -0.4 is 0 Å². The van der Waals surface area contributed by atoms with Crippen LogP contribution in [0.4, 0.5) is 18.0 Å². The van der Waals surface area contributed by atoms with Gasteiger partial charge in [-0.25, -0.2) is 4.79 Å². The summed E-state index contributed by atoms with van der Waals surface area (Å²) in [6.45, 7) is 0.588. The van der Waals surface area contributed by atoms with Gasteiger partial charge in [-0.1, -0.05) is 54.6 Å². The molecule has 2 unspecified atom stereocenters. The zero-order chi connectivity index (χ0) is 25.8. The Morgan fingerprint density at radius 1 is 1.00 bits per heavy atom. The van der Waals surface area contributed by atoms with Crippen molar-refractivity contribution in [3.05, 3.63) is 89.2 Å². The SMILES string of the molecule is O=C(OCC1c2ccccc2-c2ccccc21)N1C2COCC1CC(O)(c1ccc(C(F)(F)F)nc1)C2. The first-order valence-corrected chi connectivity index (χ1v) is 12.2. The van der Waals surface area contributed by atoms with Gasteiger partial charge >= 0.3 is 12.3 Å². The van der Waals surface area contributed by atoms with Crippen LogP contribution in [0.5, 0.6) is 0 Å². The third kappa shape index (κ3) is 4.16. The van der Waals surface area contributed by atoms with Gasteiger partial charge in [-0.3, -0.25) is 9.88 Å². The fraction of sp³-hybridized carbons (Fsp3) is 0.357. The predicted molar refractivity (Wildman–Crippen MR) is 128 cm³/mol. The van der Waals surface area contributed by atoms with Gasteiger partial charge in [-0.2, -0.15) is 13.2 Å². The summed E-state index contributed by atoms with van der Waals surface area (Å²) < 4.78 is 50.3. The number of nitrogens with zero attached hydrogens (tertiary/aromatic N) is 2. The Bertz CT molecular complexity index is 1270. The molecule has 2 atom stereocenters.